The van der Waals surface area contributed by atoms with E-state index in [-0.39, 0.29) is 0 Å². The highest BCUT2D eigenvalue weighted by Gasteiger charge is 2.46. The minimum atomic E-state index is 0.492. The summed E-state index contributed by atoms with van der Waals surface area (Å²) in [6, 6.07) is 3.00. The van der Waals surface area contributed by atoms with Crippen LogP contribution < -0.4 is 9.80 Å². The number of piperidine rings is 1. The Hall–Kier alpha value is -2.24. The van der Waals surface area contributed by atoms with Crippen molar-refractivity contribution in [3.63, 3.8) is 0 Å². The van der Waals surface area contributed by atoms with E-state index in [9.17, 15) is 0 Å². The standard InChI is InChI=1S/C17H22N6/c1-10-5-11(2)21-17(20-10)22-7-14-6-15(8-22)23(14)16-12(3)13(4)18-9-19-16/h5,9,14-15H,6-8H2,1-4H3. The first-order valence-corrected chi connectivity index (χ1v) is 8.16. The van der Waals surface area contributed by atoms with Crippen molar-refractivity contribution in [1.29, 1.82) is 0 Å². The molecule has 3 fully saturated rings. The lowest BCUT2D eigenvalue weighted by molar-refractivity contribution is 0.286. The maximum Gasteiger partial charge on any atom is 0.225 e. The molecule has 0 N–H and O–H groups in total. The summed E-state index contributed by atoms with van der Waals surface area (Å²) in [5.41, 5.74) is 4.32. The molecule has 3 saturated heterocycles. The lowest BCUT2D eigenvalue weighted by Gasteiger charge is -2.57. The molecule has 5 rings (SSSR count). The third kappa shape index (κ3) is 2.33. The second kappa shape index (κ2) is 5.15. The SMILES string of the molecule is Cc1cc(C)nc(N2CC3CC(C2)N3c2ncnc(C)c2C)n1. The summed E-state index contributed by atoms with van der Waals surface area (Å²) >= 11 is 0. The van der Waals surface area contributed by atoms with Crippen LogP contribution >= 0.6 is 0 Å². The van der Waals surface area contributed by atoms with E-state index in [0.29, 0.717) is 12.1 Å². The van der Waals surface area contributed by atoms with Crippen LogP contribution in [0.5, 0.6) is 0 Å². The number of nitrogens with zero attached hydrogens (tertiary/aromatic N) is 6. The first-order valence-electron chi connectivity index (χ1n) is 8.16. The normalized spacial score (nSPS) is 23.0. The van der Waals surface area contributed by atoms with Crippen LogP contribution in [0.3, 0.4) is 0 Å². The number of hydrogen-bond acceptors (Lipinski definition) is 6. The van der Waals surface area contributed by atoms with Gasteiger partial charge in [-0.2, -0.15) is 0 Å². The molecule has 3 aliphatic rings. The molecule has 2 aromatic rings. The monoisotopic (exact) mass is 310 g/mol. The maximum atomic E-state index is 4.61. The Morgan fingerprint density at radius 3 is 2.26 bits per heavy atom. The molecule has 2 bridgehead atoms. The fraction of sp³-hybridized carbons (Fsp3) is 0.529. The Kier molecular flexibility index (Phi) is 3.21. The van der Waals surface area contributed by atoms with Crippen molar-refractivity contribution >= 4 is 11.8 Å². The van der Waals surface area contributed by atoms with Crippen LogP contribution in [0.1, 0.15) is 29.1 Å². The number of aryl methyl sites for hydroxylation is 3. The molecule has 0 aliphatic carbocycles. The van der Waals surface area contributed by atoms with E-state index in [4.69, 9.17) is 0 Å². The molecule has 6 heteroatoms. The predicted octanol–water partition coefficient (Wildman–Crippen LogP) is 1.97. The van der Waals surface area contributed by atoms with Crippen molar-refractivity contribution in [2.45, 2.75) is 46.2 Å². The van der Waals surface area contributed by atoms with Gasteiger partial charge in [-0.1, -0.05) is 0 Å². The summed E-state index contributed by atoms with van der Waals surface area (Å²) in [6.45, 7) is 10.1. The van der Waals surface area contributed by atoms with E-state index >= 15 is 0 Å². The Morgan fingerprint density at radius 1 is 0.957 bits per heavy atom. The van der Waals surface area contributed by atoms with Gasteiger partial charge in [0.05, 0.1) is 12.1 Å². The number of rotatable bonds is 2. The highest BCUT2D eigenvalue weighted by Crippen LogP contribution is 2.38. The van der Waals surface area contributed by atoms with Gasteiger partial charge < -0.3 is 9.80 Å². The highest BCUT2D eigenvalue weighted by atomic mass is 15.4. The Morgan fingerprint density at radius 2 is 1.61 bits per heavy atom. The zero-order chi connectivity index (χ0) is 16.1. The molecule has 6 nitrogen and oxygen atoms in total. The van der Waals surface area contributed by atoms with Gasteiger partial charge in [0.15, 0.2) is 0 Å². The largest absolute Gasteiger partial charge is 0.347 e. The minimum Gasteiger partial charge on any atom is -0.347 e. The predicted molar refractivity (Wildman–Crippen MR) is 89.9 cm³/mol. The first-order chi connectivity index (χ1) is 11.0. The molecule has 5 heterocycles. The van der Waals surface area contributed by atoms with Crippen LogP contribution in [0.25, 0.3) is 0 Å². The summed E-state index contributed by atoms with van der Waals surface area (Å²) in [7, 11) is 0. The van der Waals surface area contributed by atoms with Gasteiger partial charge in [0.1, 0.15) is 12.1 Å². The van der Waals surface area contributed by atoms with Crippen molar-refractivity contribution < 1.29 is 0 Å². The van der Waals surface area contributed by atoms with E-state index in [0.717, 1.165) is 41.9 Å². The summed E-state index contributed by atoms with van der Waals surface area (Å²) < 4.78 is 0. The van der Waals surface area contributed by atoms with Gasteiger partial charge in [-0.25, -0.2) is 19.9 Å². The molecule has 0 aromatic carbocycles. The molecular weight excluding hydrogens is 288 g/mol. The molecule has 120 valence electrons. The van der Waals surface area contributed by atoms with E-state index in [2.05, 4.69) is 36.7 Å². The van der Waals surface area contributed by atoms with Crippen LogP contribution in [0.2, 0.25) is 0 Å². The van der Waals surface area contributed by atoms with Gasteiger partial charge in [0.25, 0.3) is 0 Å². The third-order valence-electron chi connectivity index (χ3n) is 5.00. The second-order valence-electron chi connectivity index (χ2n) is 6.71. The van der Waals surface area contributed by atoms with Crippen LogP contribution in [0, 0.1) is 27.7 Å². The fourth-order valence-corrected chi connectivity index (χ4v) is 3.75. The summed E-state index contributed by atoms with van der Waals surface area (Å²) in [5.74, 6) is 1.96. The number of hydrogen-bond donors (Lipinski definition) is 0. The third-order valence-corrected chi connectivity index (χ3v) is 5.00. The topological polar surface area (TPSA) is 58.0 Å². The molecule has 23 heavy (non-hydrogen) atoms. The molecule has 0 saturated carbocycles. The van der Waals surface area contributed by atoms with Crippen LogP contribution in [-0.2, 0) is 0 Å². The van der Waals surface area contributed by atoms with E-state index in [1.165, 1.54) is 12.0 Å². The summed E-state index contributed by atoms with van der Waals surface area (Å²) in [6.07, 6.45) is 2.90. The molecule has 2 unspecified atom stereocenters. The van der Waals surface area contributed by atoms with E-state index in [1.54, 1.807) is 6.33 Å². The minimum absolute atomic E-state index is 0.492. The van der Waals surface area contributed by atoms with Crippen molar-refractivity contribution in [3.05, 3.63) is 35.0 Å². The van der Waals surface area contributed by atoms with E-state index < -0.39 is 0 Å². The van der Waals surface area contributed by atoms with Gasteiger partial charge in [0, 0.05) is 35.7 Å². The van der Waals surface area contributed by atoms with Crippen LogP contribution in [0.15, 0.2) is 12.4 Å². The zero-order valence-corrected chi connectivity index (χ0v) is 14.1. The number of fused-ring (bicyclic) bond motifs is 2. The molecular formula is C17H22N6. The quantitative estimate of drug-likeness (QED) is 0.845. The van der Waals surface area contributed by atoms with Crippen molar-refractivity contribution in [3.8, 4) is 0 Å². The summed E-state index contributed by atoms with van der Waals surface area (Å²) in [5, 5.41) is 0. The Labute approximate surface area is 136 Å². The molecule has 0 spiro atoms. The van der Waals surface area contributed by atoms with Gasteiger partial charge in [-0.3, -0.25) is 0 Å². The smallest absolute Gasteiger partial charge is 0.225 e. The summed E-state index contributed by atoms with van der Waals surface area (Å²) in [4.78, 5) is 22.8. The Bertz CT molecular complexity index is 726. The Balaban J connectivity index is 1.57. The molecule has 0 radical (unpaired) electrons. The van der Waals surface area contributed by atoms with Crippen molar-refractivity contribution in [2.75, 3.05) is 22.9 Å². The molecule has 3 aliphatic heterocycles. The van der Waals surface area contributed by atoms with Gasteiger partial charge >= 0.3 is 0 Å². The molecule has 2 aromatic heterocycles. The zero-order valence-electron chi connectivity index (χ0n) is 14.1. The van der Waals surface area contributed by atoms with Gasteiger partial charge in [-0.15, -0.1) is 0 Å². The number of piperazine rings is 1. The number of anilines is 2. The van der Waals surface area contributed by atoms with Crippen LogP contribution in [0.4, 0.5) is 11.8 Å². The average Bonchev–Trinajstić information content (AvgIpc) is 2.51. The van der Waals surface area contributed by atoms with Gasteiger partial charge in [-0.05, 0) is 40.2 Å². The average molecular weight is 310 g/mol. The van der Waals surface area contributed by atoms with E-state index in [1.807, 2.05) is 26.8 Å². The lowest BCUT2D eigenvalue weighted by atomic mass is 9.87. The fourth-order valence-electron chi connectivity index (χ4n) is 3.75. The number of aromatic nitrogens is 4. The highest BCUT2D eigenvalue weighted by molar-refractivity contribution is 5.55. The second-order valence-corrected chi connectivity index (χ2v) is 6.71. The maximum absolute atomic E-state index is 4.61. The molecule has 2 atom stereocenters. The lowest BCUT2D eigenvalue weighted by Crippen LogP contribution is -2.69. The van der Waals surface area contributed by atoms with Gasteiger partial charge in [0.2, 0.25) is 5.95 Å². The van der Waals surface area contributed by atoms with Crippen molar-refractivity contribution in [1.82, 2.24) is 19.9 Å². The first kappa shape index (κ1) is 14.4. The van der Waals surface area contributed by atoms with Crippen LogP contribution in [-0.4, -0.2) is 45.1 Å². The molecule has 0 amide bonds. The van der Waals surface area contributed by atoms with Crippen molar-refractivity contribution in [2.24, 2.45) is 0 Å².